The first-order valence-corrected chi connectivity index (χ1v) is 12.1. The third-order valence-electron chi connectivity index (χ3n) is 5.09. The highest BCUT2D eigenvalue weighted by molar-refractivity contribution is 7.91. The average Bonchev–Trinajstić information content (AvgIpc) is 3.17. The molecule has 10 heteroatoms. The summed E-state index contributed by atoms with van der Waals surface area (Å²) in [6.07, 6.45) is -0.0831. The summed E-state index contributed by atoms with van der Waals surface area (Å²) < 4.78 is 25.6. The molecule has 0 saturated carbocycles. The number of carbonyl (C=O) groups excluding carboxylic acids is 3. The van der Waals surface area contributed by atoms with Gasteiger partial charge in [-0.05, 0) is 18.1 Å². The number of rotatable bonds is 7. The Hall–Kier alpha value is -2.46. The lowest BCUT2D eigenvalue weighted by Crippen LogP contribution is -2.38. The second-order valence-corrected chi connectivity index (χ2v) is 10.8. The molecule has 30 heavy (non-hydrogen) atoms. The number of hydrogen-bond donors (Lipinski definition) is 1. The van der Waals surface area contributed by atoms with Crippen LogP contribution in [0.3, 0.4) is 0 Å². The molecular weight excluding hydrogens is 426 g/mol. The molecule has 1 aromatic carbocycles. The molecule has 0 aliphatic carbocycles. The second kappa shape index (κ2) is 9.13. The van der Waals surface area contributed by atoms with Crippen LogP contribution in [0.1, 0.15) is 30.3 Å². The van der Waals surface area contributed by atoms with Gasteiger partial charge in [0.2, 0.25) is 5.78 Å². The number of sulfone groups is 1. The van der Waals surface area contributed by atoms with Crippen molar-refractivity contribution < 1.29 is 22.8 Å². The van der Waals surface area contributed by atoms with E-state index >= 15 is 0 Å². The van der Waals surface area contributed by atoms with Crippen LogP contribution in [-0.4, -0.2) is 41.8 Å². The molecule has 3 rings (SSSR count). The molecular formula is C20H23N3O5S2. The summed E-state index contributed by atoms with van der Waals surface area (Å²) >= 11 is 1.28. The number of nitrogens with zero attached hydrogens (tertiary/aromatic N) is 2. The minimum atomic E-state index is -3.67. The third-order valence-corrected chi connectivity index (χ3v) is 7.83. The first kappa shape index (κ1) is 22.2. The van der Waals surface area contributed by atoms with Crippen LogP contribution in [0.15, 0.2) is 35.2 Å². The van der Waals surface area contributed by atoms with Crippen LogP contribution in [0, 0.1) is 17.8 Å². The molecule has 160 valence electrons. The number of carbonyl (C=O) groups is 3. The first-order chi connectivity index (χ1) is 14.2. The van der Waals surface area contributed by atoms with E-state index < -0.39 is 33.4 Å². The van der Waals surface area contributed by atoms with Gasteiger partial charge in [-0.1, -0.05) is 43.4 Å². The van der Waals surface area contributed by atoms with Gasteiger partial charge in [0.15, 0.2) is 9.84 Å². The van der Waals surface area contributed by atoms with E-state index in [0.717, 1.165) is 0 Å². The second-order valence-electron chi connectivity index (χ2n) is 7.65. The van der Waals surface area contributed by atoms with E-state index in [1.807, 2.05) is 0 Å². The topological polar surface area (TPSA) is 123 Å². The molecule has 2 heterocycles. The van der Waals surface area contributed by atoms with Crippen LogP contribution >= 0.6 is 11.3 Å². The minimum Gasteiger partial charge on any atom is -0.343 e. The Kier molecular flexibility index (Phi) is 6.77. The lowest BCUT2D eigenvalue weighted by Gasteiger charge is -2.22. The van der Waals surface area contributed by atoms with Crippen LogP contribution in [0.25, 0.3) is 0 Å². The van der Waals surface area contributed by atoms with Crippen LogP contribution < -0.4 is 5.32 Å². The average molecular weight is 450 g/mol. The smallest absolute Gasteiger partial charge is 0.288 e. The van der Waals surface area contributed by atoms with E-state index in [1.54, 1.807) is 32.0 Å². The number of nitrogens with one attached hydrogen (secondary N) is 1. The molecule has 8 nitrogen and oxygen atoms in total. The molecule has 0 radical (unpaired) electrons. The first-order valence-electron chi connectivity index (χ1n) is 9.61. The Morgan fingerprint density at radius 3 is 2.50 bits per heavy atom. The van der Waals surface area contributed by atoms with Gasteiger partial charge in [0.25, 0.3) is 5.91 Å². The van der Waals surface area contributed by atoms with Crippen molar-refractivity contribution >= 4 is 38.6 Å². The van der Waals surface area contributed by atoms with Gasteiger partial charge in [0.05, 0.1) is 17.2 Å². The maximum atomic E-state index is 13.1. The zero-order chi connectivity index (χ0) is 21.9. The lowest BCUT2D eigenvalue weighted by atomic mass is 9.85. The molecule has 1 aromatic heterocycles. The summed E-state index contributed by atoms with van der Waals surface area (Å²) in [4.78, 5) is 37.9. The fraction of sp³-hybridized carbons (Fsp3) is 0.450. The fourth-order valence-electron chi connectivity index (χ4n) is 3.35. The molecule has 0 spiro atoms. The van der Waals surface area contributed by atoms with Gasteiger partial charge in [0.1, 0.15) is 15.8 Å². The highest BCUT2D eigenvalue weighted by Gasteiger charge is 2.35. The minimum absolute atomic E-state index is 0.118. The van der Waals surface area contributed by atoms with E-state index in [2.05, 4.69) is 15.5 Å². The van der Waals surface area contributed by atoms with Crippen molar-refractivity contribution in [3.05, 3.63) is 40.3 Å². The van der Waals surface area contributed by atoms with Gasteiger partial charge in [0, 0.05) is 24.7 Å². The van der Waals surface area contributed by atoms with E-state index in [-0.39, 0.29) is 41.7 Å². The molecule has 1 N–H and O–H groups in total. The van der Waals surface area contributed by atoms with E-state index in [0.29, 0.717) is 10.0 Å². The summed E-state index contributed by atoms with van der Waals surface area (Å²) in [6.45, 7) is 3.67. The van der Waals surface area contributed by atoms with E-state index in [4.69, 9.17) is 0 Å². The van der Waals surface area contributed by atoms with Crippen molar-refractivity contribution in [1.82, 2.24) is 15.5 Å². The zero-order valence-electron chi connectivity index (χ0n) is 16.7. The molecule has 2 bridgehead atoms. The summed E-state index contributed by atoms with van der Waals surface area (Å²) in [7, 11) is -3.67. The predicted octanol–water partition coefficient (Wildman–Crippen LogP) is 1.60. The highest BCUT2D eigenvalue weighted by atomic mass is 32.2. The Morgan fingerprint density at radius 1 is 1.17 bits per heavy atom. The summed E-state index contributed by atoms with van der Waals surface area (Å²) in [6, 6.07) is 7.97. The summed E-state index contributed by atoms with van der Waals surface area (Å²) in [5.74, 6) is -4.07. The monoisotopic (exact) mass is 449 g/mol. The zero-order valence-corrected chi connectivity index (χ0v) is 18.3. The molecule has 2 atom stereocenters. The van der Waals surface area contributed by atoms with Crippen molar-refractivity contribution in [2.75, 3.05) is 5.75 Å². The van der Waals surface area contributed by atoms with E-state index in [9.17, 15) is 22.8 Å². The number of hydrogen-bond acceptors (Lipinski definition) is 8. The normalized spacial score (nSPS) is 18.3. The Bertz CT molecular complexity index is 1050. The van der Waals surface area contributed by atoms with Gasteiger partial charge in [-0.3, -0.25) is 14.4 Å². The van der Waals surface area contributed by atoms with Crippen molar-refractivity contribution in [3.8, 4) is 0 Å². The van der Waals surface area contributed by atoms with Crippen molar-refractivity contribution in [2.24, 2.45) is 17.8 Å². The van der Waals surface area contributed by atoms with Gasteiger partial charge in [-0.2, -0.15) is 0 Å². The van der Waals surface area contributed by atoms with Crippen molar-refractivity contribution in [3.63, 3.8) is 0 Å². The lowest BCUT2D eigenvalue weighted by molar-refractivity contribution is -0.141. The standard InChI is InChI=1S/C20H23N3O5S2/c1-12(2)15(11-30(27,28)14-6-4-3-5-7-14)16(24)8-13-9-17-22-23-18(29-17)10-21-20(26)19(13)25/h3-7,12-13,15H,8-11H2,1-2H3,(H,21,26). The fourth-order valence-corrected chi connectivity index (χ4v) is 6.02. The van der Waals surface area contributed by atoms with Gasteiger partial charge in [-0.25, -0.2) is 8.42 Å². The molecule has 2 unspecified atom stereocenters. The number of fused-ring (bicyclic) bond motifs is 2. The van der Waals surface area contributed by atoms with Crippen LogP contribution in [0.4, 0.5) is 0 Å². The molecule has 0 fully saturated rings. The summed E-state index contributed by atoms with van der Waals surface area (Å²) in [5, 5.41) is 11.6. The number of benzene rings is 1. The van der Waals surface area contributed by atoms with Gasteiger partial charge in [-0.15, -0.1) is 10.2 Å². The maximum Gasteiger partial charge on any atom is 0.288 e. The highest BCUT2D eigenvalue weighted by Crippen LogP contribution is 2.25. The maximum absolute atomic E-state index is 13.1. The molecule has 1 amide bonds. The van der Waals surface area contributed by atoms with Crippen LogP contribution in [-0.2, 0) is 37.2 Å². The largest absolute Gasteiger partial charge is 0.343 e. The Balaban J connectivity index is 1.80. The van der Waals surface area contributed by atoms with Crippen molar-refractivity contribution in [1.29, 1.82) is 0 Å². The molecule has 1 aliphatic rings. The third kappa shape index (κ3) is 5.17. The molecule has 1 aliphatic heterocycles. The van der Waals surface area contributed by atoms with Crippen LogP contribution in [0.5, 0.6) is 0 Å². The Morgan fingerprint density at radius 2 is 1.83 bits per heavy atom. The van der Waals surface area contributed by atoms with Crippen molar-refractivity contribution in [2.45, 2.75) is 38.1 Å². The predicted molar refractivity (Wildman–Crippen MR) is 110 cm³/mol. The van der Waals surface area contributed by atoms with Crippen LogP contribution in [0.2, 0.25) is 0 Å². The number of Topliss-reactive ketones (excluding diaryl/α,β-unsaturated/α-hetero) is 2. The number of ketones is 2. The molecule has 0 saturated heterocycles. The molecule has 2 aromatic rings. The summed E-state index contributed by atoms with van der Waals surface area (Å²) in [5.41, 5.74) is 0. The number of aromatic nitrogens is 2. The van der Waals surface area contributed by atoms with Gasteiger partial charge < -0.3 is 5.32 Å². The SMILES string of the molecule is CC(C)C(CS(=O)(=O)c1ccccc1)C(=O)CC1Cc2nnc(s2)CNC(=O)C1=O. The van der Waals surface area contributed by atoms with Gasteiger partial charge >= 0.3 is 0 Å². The van der Waals surface area contributed by atoms with E-state index in [1.165, 1.54) is 23.5 Å². The quantitative estimate of drug-likeness (QED) is 0.637. The Labute approximate surface area is 179 Å². The number of amides is 1.